The number of carbonyl (C=O) groups excluding carboxylic acids is 2. The van der Waals surface area contributed by atoms with Gasteiger partial charge in [0.05, 0.1) is 23.8 Å². The number of Topliss-reactive ketones (excluding diaryl/α,β-unsaturated/α-hetero) is 1. The zero-order valence-corrected chi connectivity index (χ0v) is 23.7. The molecule has 1 saturated heterocycles. The van der Waals surface area contributed by atoms with E-state index in [9.17, 15) is 19.1 Å². The van der Waals surface area contributed by atoms with Crippen LogP contribution in [0.15, 0.2) is 60.8 Å². The molecule has 4 aromatic rings. The first-order chi connectivity index (χ1) is 20.9. The number of halogens is 1. The van der Waals surface area contributed by atoms with Gasteiger partial charge in [-0.1, -0.05) is 30.3 Å². The number of amides is 1. The summed E-state index contributed by atoms with van der Waals surface area (Å²) >= 11 is 0. The molecule has 3 aromatic carbocycles. The monoisotopic (exact) mass is 584 g/mol. The second-order valence-corrected chi connectivity index (χ2v) is 11.6. The van der Waals surface area contributed by atoms with Gasteiger partial charge in [0, 0.05) is 17.5 Å². The van der Waals surface area contributed by atoms with Crippen molar-refractivity contribution in [3.8, 4) is 22.6 Å². The molecule has 10 heteroatoms. The van der Waals surface area contributed by atoms with Gasteiger partial charge in [0.25, 0.3) is 5.91 Å². The molecule has 3 heterocycles. The van der Waals surface area contributed by atoms with E-state index in [-0.39, 0.29) is 35.8 Å². The highest BCUT2D eigenvalue weighted by Crippen LogP contribution is 2.38. The van der Waals surface area contributed by atoms with E-state index < -0.39 is 29.7 Å². The minimum atomic E-state index is -1.27. The summed E-state index contributed by atoms with van der Waals surface area (Å²) in [6, 6.07) is 15.5. The number of rotatable bonds is 9. The lowest BCUT2D eigenvalue weighted by Crippen LogP contribution is -2.48. The minimum Gasteiger partial charge on any atom is -0.486 e. The summed E-state index contributed by atoms with van der Waals surface area (Å²) in [5, 5.41) is 19.7. The number of carbonyl (C=O) groups is 2. The van der Waals surface area contributed by atoms with Crippen LogP contribution in [-0.2, 0) is 4.79 Å². The maximum absolute atomic E-state index is 14.8. The molecule has 2 aliphatic heterocycles. The Morgan fingerprint density at radius 2 is 1.74 bits per heavy atom. The highest BCUT2D eigenvalue weighted by Gasteiger charge is 2.31. The average Bonchev–Trinajstić information content (AvgIpc) is 3.57. The van der Waals surface area contributed by atoms with E-state index in [0.717, 1.165) is 60.8 Å². The maximum atomic E-state index is 14.8. The zero-order valence-electron chi connectivity index (χ0n) is 23.7. The van der Waals surface area contributed by atoms with Crippen LogP contribution in [0.4, 0.5) is 4.39 Å². The normalized spacial score (nSPS) is 18.0. The quantitative estimate of drug-likeness (QED) is 0.221. The van der Waals surface area contributed by atoms with Crippen molar-refractivity contribution < 1.29 is 28.6 Å². The molecule has 7 rings (SSSR count). The Kier molecular flexibility index (Phi) is 7.32. The van der Waals surface area contributed by atoms with Crippen LogP contribution in [0.3, 0.4) is 0 Å². The number of fused-ring (bicyclic) bond motifs is 2. The molecule has 43 heavy (non-hydrogen) atoms. The first-order valence-electron chi connectivity index (χ1n) is 14.9. The number of benzene rings is 3. The second-order valence-electron chi connectivity index (χ2n) is 11.6. The van der Waals surface area contributed by atoms with Gasteiger partial charge in [-0.3, -0.25) is 14.3 Å². The van der Waals surface area contributed by atoms with Crippen molar-refractivity contribution in [2.75, 3.05) is 32.8 Å². The number of aliphatic hydroxyl groups is 1. The number of ketones is 1. The van der Waals surface area contributed by atoms with Crippen LogP contribution in [-0.4, -0.2) is 70.4 Å². The molecule has 3 aliphatic rings. The van der Waals surface area contributed by atoms with E-state index >= 15 is 0 Å². The Morgan fingerprint density at radius 1 is 1.00 bits per heavy atom. The molecular formula is C33H33FN4O5. The van der Waals surface area contributed by atoms with Crippen molar-refractivity contribution in [2.45, 2.75) is 43.9 Å². The van der Waals surface area contributed by atoms with E-state index in [0.29, 0.717) is 12.6 Å². The second kappa shape index (κ2) is 11.4. The summed E-state index contributed by atoms with van der Waals surface area (Å²) in [6.07, 6.45) is 4.95. The fourth-order valence-corrected chi connectivity index (χ4v) is 6.02. The van der Waals surface area contributed by atoms with Gasteiger partial charge in [0.2, 0.25) is 5.78 Å². The topological polar surface area (TPSA) is 106 Å². The van der Waals surface area contributed by atoms with Crippen molar-refractivity contribution in [1.29, 1.82) is 0 Å². The van der Waals surface area contributed by atoms with Crippen molar-refractivity contribution in [3.05, 3.63) is 77.7 Å². The van der Waals surface area contributed by atoms with Crippen LogP contribution in [0.1, 0.15) is 53.8 Å². The predicted molar refractivity (Wildman–Crippen MR) is 158 cm³/mol. The lowest BCUT2D eigenvalue weighted by molar-refractivity contribution is -0.118. The molecule has 0 spiro atoms. The Morgan fingerprint density at radius 3 is 2.51 bits per heavy atom. The van der Waals surface area contributed by atoms with Gasteiger partial charge in [-0.05, 0) is 79.7 Å². The molecule has 2 unspecified atom stereocenters. The number of nitrogens with one attached hydrogen (secondary N) is 1. The van der Waals surface area contributed by atoms with Crippen LogP contribution in [0, 0.1) is 5.82 Å². The van der Waals surface area contributed by atoms with Gasteiger partial charge >= 0.3 is 0 Å². The summed E-state index contributed by atoms with van der Waals surface area (Å²) in [4.78, 5) is 28.5. The van der Waals surface area contributed by atoms with Gasteiger partial charge in [0.15, 0.2) is 17.3 Å². The van der Waals surface area contributed by atoms with E-state index in [1.54, 1.807) is 12.1 Å². The van der Waals surface area contributed by atoms with Crippen molar-refractivity contribution >= 4 is 22.6 Å². The van der Waals surface area contributed by atoms with Gasteiger partial charge in [-0.2, -0.15) is 5.10 Å². The number of hydrogen-bond donors (Lipinski definition) is 2. The third kappa shape index (κ3) is 5.60. The fourth-order valence-electron chi connectivity index (χ4n) is 6.02. The third-order valence-corrected chi connectivity index (χ3v) is 8.49. The lowest BCUT2D eigenvalue weighted by Gasteiger charge is -2.29. The summed E-state index contributed by atoms with van der Waals surface area (Å²) in [7, 11) is 0. The summed E-state index contributed by atoms with van der Waals surface area (Å²) < 4.78 is 27.7. The average molecular weight is 585 g/mol. The molecule has 1 aliphatic carbocycles. The van der Waals surface area contributed by atoms with E-state index in [1.165, 1.54) is 12.1 Å². The number of ether oxygens (including phenoxy) is 2. The molecule has 9 nitrogen and oxygen atoms in total. The zero-order chi connectivity index (χ0) is 29.5. The SMILES string of the molecule is O=C(NC(CN1CCCC1)C(O)c1cc(F)c2c(c1)OCCO2)C(=O)c1ccc(-c2ccc3c(cnn3C3CC3)c2)cc1. The largest absolute Gasteiger partial charge is 0.486 e. The minimum absolute atomic E-state index is 0.00852. The highest BCUT2D eigenvalue weighted by atomic mass is 19.1. The first kappa shape index (κ1) is 27.5. The van der Waals surface area contributed by atoms with Crippen LogP contribution in [0.5, 0.6) is 11.5 Å². The summed E-state index contributed by atoms with van der Waals surface area (Å²) in [5.41, 5.74) is 3.50. The first-order valence-corrected chi connectivity index (χ1v) is 14.9. The van der Waals surface area contributed by atoms with Crippen LogP contribution < -0.4 is 14.8 Å². The van der Waals surface area contributed by atoms with Crippen LogP contribution in [0.2, 0.25) is 0 Å². The predicted octanol–water partition coefficient (Wildman–Crippen LogP) is 4.45. The number of aliphatic hydroxyl groups excluding tert-OH is 1. The van der Waals surface area contributed by atoms with Gasteiger partial charge < -0.3 is 24.8 Å². The smallest absolute Gasteiger partial charge is 0.292 e. The molecule has 2 fully saturated rings. The van der Waals surface area contributed by atoms with Crippen LogP contribution >= 0.6 is 0 Å². The fraction of sp³-hybridized carbons (Fsp3) is 0.364. The van der Waals surface area contributed by atoms with Gasteiger partial charge in [-0.15, -0.1) is 0 Å². The molecule has 0 radical (unpaired) electrons. The third-order valence-electron chi connectivity index (χ3n) is 8.49. The number of nitrogens with zero attached hydrogens (tertiary/aromatic N) is 3. The molecular weight excluding hydrogens is 551 g/mol. The van der Waals surface area contributed by atoms with E-state index in [1.807, 2.05) is 24.4 Å². The van der Waals surface area contributed by atoms with E-state index in [4.69, 9.17) is 9.47 Å². The van der Waals surface area contributed by atoms with Crippen molar-refractivity contribution in [2.24, 2.45) is 0 Å². The Balaban J connectivity index is 1.07. The Hall–Kier alpha value is -4.28. The van der Waals surface area contributed by atoms with E-state index in [2.05, 4.69) is 32.1 Å². The van der Waals surface area contributed by atoms with Gasteiger partial charge in [0.1, 0.15) is 19.3 Å². The summed E-state index contributed by atoms with van der Waals surface area (Å²) in [5.74, 6) is -1.97. The standard InChI is InChI=1S/C33H33FN4O5/c34-26-16-23(17-29-32(26)43-14-13-42-29)30(39)27(19-37-11-1-2-12-37)36-33(41)31(40)21-5-3-20(4-6-21)22-7-10-28-24(15-22)18-35-38(28)25-8-9-25/h3-7,10,15-18,25,27,30,39H,1-2,8-9,11-14,19H2,(H,36,41). The number of hydrogen-bond acceptors (Lipinski definition) is 7. The molecule has 2 N–H and O–H groups in total. The lowest BCUT2D eigenvalue weighted by atomic mass is 9.99. The number of likely N-dealkylation sites (tertiary alicyclic amines) is 1. The molecule has 1 aromatic heterocycles. The molecule has 1 amide bonds. The molecule has 222 valence electrons. The maximum Gasteiger partial charge on any atom is 0.292 e. The molecule has 2 atom stereocenters. The number of aromatic nitrogens is 2. The summed E-state index contributed by atoms with van der Waals surface area (Å²) in [6.45, 7) is 2.46. The Labute approximate surface area is 248 Å². The molecule has 0 bridgehead atoms. The van der Waals surface area contributed by atoms with Crippen molar-refractivity contribution in [1.82, 2.24) is 20.0 Å². The molecule has 1 saturated carbocycles. The van der Waals surface area contributed by atoms with Gasteiger partial charge in [-0.25, -0.2) is 4.39 Å². The highest BCUT2D eigenvalue weighted by molar-refractivity contribution is 6.42. The Bertz CT molecular complexity index is 1680. The van der Waals surface area contributed by atoms with Crippen LogP contribution in [0.25, 0.3) is 22.0 Å². The van der Waals surface area contributed by atoms with Crippen molar-refractivity contribution in [3.63, 3.8) is 0 Å².